The Morgan fingerprint density at radius 3 is 2.81 bits per heavy atom. The number of carbonyl (C=O) groups excluding carboxylic acids is 1. The van der Waals surface area contributed by atoms with Crippen molar-refractivity contribution in [2.75, 3.05) is 6.61 Å². The molecule has 1 saturated carbocycles. The van der Waals surface area contributed by atoms with Crippen LogP contribution in [0.5, 0.6) is 5.88 Å². The summed E-state index contributed by atoms with van der Waals surface area (Å²) in [6.45, 7) is 4.41. The van der Waals surface area contributed by atoms with Gasteiger partial charge in [-0.15, -0.1) is 11.3 Å². The van der Waals surface area contributed by atoms with Crippen molar-refractivity contribution in [3.63, 3.8) is 0 Å². The smallest absolute Gasteiger partial charge is 0.274 e. The Balaban J connectivity index is 1.43. The third kappa shape index (κ3) is 3.69. The number of nitrogens with zero attached hydrogens (tertiary/aromatic N) is 4. The van der Waals surface area contributed by atoms with Crippen LogP contribution in [0.1, 0.15) is 35.3 Å². The molecule has 0 radical (unpaired) electrons. The highest BCUT2D eigenvalue weighted by molar-refractivity contribution is 7.15. The van der Waals surface area contributed by atoms with Gasteiger partial charge < -0.3 is 9.64 Å². The normalized spacial score (nSPS) is 24.5. The second-order valence-corrected chi connectivity index (χ2v) is 9.48. The Kier molecular flexibility index (Phi) is 5.17. The summed E-state index contributed by atoms with van der Waals surface area (Å²) in [6.07, 6.45) is 4.89. The topological polar surface area (TPSA) is 68.2 Å². The predicted molar refractivity (Wildman–Crippen MR) is 115 cm³/mol. The van der Waals surface area contributed by atoms with Crippen LogP contribution in [0.4, 0.5) is 4.39 Å². The lowest BCUT2D eigenvalue weighted by Crippen LogP contribution is -2.64. The standard InChI is InChI=1S/C23H23FN4O2S/c1-13-15-9-17(10-15)28(19(13)12-30-20-7-6-16(24)11-26-20)23(29)21-22(31-14(2)27-21)18-5-3-4-8-25-18/h3-8,11,13,15,17,19H,9-10,12H2,1-2H3/t13-,15?,17?,19+/m0/s1. The summed E-state index contributed by atoms with van der Waals surface area (Å²) in [5, 5.41) is 0.837. The van der Waals surface area contributed by atoms with Crippen molar-refractivity contribution >= 4 is 17.2 Å². The van der Waals surface area contributed by atoms with Gasteiger partial charge in [0.1, 0.15) is 18.1 Å². The quantitative estimate of drug-likeness (QED) is 0.592. The molecular weight excluding hydrogens is 415 g/mol. The number of carbonyl (C=O) groups is 1. The summed E-state index contributed by atoms with van der Waals surface area (Å²) in [5.41, 5.74) is 1.22. The number of thiazole rings is 1. The van der Waals surface area contributed by atoms with E-state index in [1.54, 1.807) is 6.20 Å². The van der Waals surface area contributed by atoms with Crippen LogP contribution in [-0.4, -0.2) is 44.4 Å². The molecule has 6 nitrogen and oxygen atoms in total. The maximum atomic E-state index is 13.8. The minimum atomic E-state index is -0.405. The zero-order valence-corrected chi connectivity index (χ0v) is 18.2. The van der Waals surface area contributed by atoms with E-state index >= 15 is 0 Å². The molecule has 8 heteroatoms. The van der Waals surface area contributed by atoms with E-state index in [0.717, 1.165) is 34.6 Å². The Bertz CT molecular complexity index is 1080. The number of ether oxygens (including phenoxy) is 1. The molecule has 3 fully saturated rings. The van der Waals surface area contributed by atoms with E-state index in [2.05, 4.69) is 21.9 Å². The van der Waals surface area contributed by atoms with Gasteiger partial charge in [-0.1, -0.05) is 13.0 Å². The predicted octanol–water partition coefficient (Wildman–Crippen LogP) is 4.37. The molecule has 0 aromatic carbocycles. The zero-order valence-electron chi connectivity index (χ0n) is 17.4. The van der Waals surface area contributed by atoms with E-state index in [-0.39, 0.29) is 18.0 Å². The Morgan fingerprint density at radius 2 is 2.10 bits per heavy atom. The molecule has 5 heterocycles. The fraction of sp³-hybridized carbons (Fsp3) is 0.391. The van der Waals surface area contributed by atoms with Gasteiger partial charge in [0.05, 0.1) is 27.8 Å². The number of fused-ring (bicyclic) bond motifs is 2. The van der Waals surface area contributed by atoms with Crippen molar-refractivity contribution in [1.82, 2.24) is 19.9 Å². The minimum Gasteiger partial charge on any atom is -0.475 e. The van der Waals surface area contributed by atoms with Crippen molar-refractivity contribution in [3.05, 3.63) is 59.2 Å². The number of hydrogen-bond acceptors (Lipinski definition) is 6. The molecule has 160 valence electrons. The van der Waals surface area contributed by atoms with E-state index in [9.17, 15) is 9.18 Å². The highest BCUT2D eigenvalue weighted by atomic mass is 32.1. The molecule has 2 bridgehead atoms. The average Bonchev–Trinajstić information content (AvgIpc) is 3.14. The van der Waals surface area contributed by atoms with Gasteiger partial charge in [-0.05, 0) is 49.8 Å². The van der Waals surface area contributed by atoms with Gasteiger partial charge in [0.15, 0.2) is 0 Å². The van der Waals surface area contributed by atoms with E-state index < -0.39 is 5.82 Å². The molecule has 6 rings (SSSR count). The van der Waals surface area contributed by atoms with Gasteiger partial charge in [-0.25, -0.2) is 14.4 Å². The summed E-state index contributed by atoms with van der Waals surface area (Å²) in [7, 11) is 0. The van der Waals surface area contributed by atoms with Gasteiger partial charge >= 0.3 is 0 Å². The van der Waals surface area contributed by atoms with E-state index in [1.807, 2.05) is 30.0 Å². The molecule has 3 aromatic heterocycles. The largest absolute Gasteiger partial charge is 0.475 e. The third-order valence-corrected chi connectivity index (χ3v) is 7.42. The van der Waals surface area contributed by atoms with Crippen LogP contribution in [-0.2, 0) is 0 Å². The highest BCUT2D eigenvalue weighted by Gasteiger charge is 2.51. The number of aromatic nitrogens is 3. The third-order valence-electron chi connectivity index (χ3n) is 6.42. The molecule has 0 spiro atoms. The lowest BCUT2D eigenvalue weighted by molar-refractivity contribution is -0.0676. The number of rotatable bonds is 5. The molecule has 31 heavy (non-hydrogen) atoms. The molecule has 0 unspecified atom stereocenters. The Hall–Kier alpha value is -2.87. The molecule has 3 aliphatic rings. The number of piperidine rings is 2. The van der Waals surface area contributed by atoms with Crippen molar-refractivity contribution < 1.29 is 13.9 Å². The monoisotopic (exact) mass is 438 g/mol. The maximum absolute atomic E-state index is 13.8. The fourth-order valence-corrected chi connectivity index (χ4v) is 5.54. The first-order valence-corrected chi connectivity index (χ1v) is 11.3. The molecule has 1 amide bonds. The van der Waals surface area contributed by atoms with Crippen LogP contribution >= 0.6 is 11.3 Å². The molecule has 0 N–H and O–H groups in total. The van der Waals surface area contributed by atoms with Crippen molar-refractivity contribution in [3.8, 4) is 16.5 Å². The van der Waals surface area contributed by atoms with Gasteiger partial charge in [0.2, 0.25) is 5.88 Å². The second kappa shape index (κ2) is 8.00. The molecule has 2 atom stereocenters. The summed E-state index contributed by atoms with van der Waals surface area (Å²) in [5.74, 6) is 0.778. The summed E-state index contributed by atoms with van der Waals surface area (Å²) in [4.78, 5) is 29.6. The maximum Gasteiger partial charge on any atom is 0.274 e. The lowest BCUT2D eigenvalue weighted by Gasteiger charge is -2.56. The Labute approximate surface area is 184 Å². The summed E-state index contributed by atoms with van der Waals surface area (Å²) >= 11 is 1.49. The molecule has 2 aliphatic heterocycles. The number of amides is 1. The van der Waals surface area contributed by atoms with Crippen LogP contribution in [0.3, 0.4) is 0 Å². The first-order valence-electron chi connectivity index (χ1n) is 10.5. The SMILES string of the molecule is Cc1nc(C(=O)N2C3CC(C3)[C@H](C)[C@H]2COc2ccc(F)cn2)c(-c2ccccn2)s1. The van der Waals surface area contributed by atoms with Crippen LogP contribution in [0.25, 0.3) is 10.6 Å². The summed E-state index contributed by atoms with van der Waals surface area (Å²) in [6, 6.07) is 8.62. The molecular formula is C23H23FN4O2S. The van der Waals surface area contributed by atoms with E-state index in [0.29, 0.717) is 30.0 Å². The molecule has 2 saturated heterocycles. The number of aryl methyl sites for hydroxylation is 1. The van der Waals surface area contributed by atoms with Gasteiger partial charge in [-0.3, -0.25) is 9.78 Å². The van der Waals surface area contributed by atoms with Gasteiger partial charge in [0.25, 0.3) is 5.91 Å². The van der Waals surface area contributed by atoms with Crippen LogP contribution in [0.2, 0.25) is 0 Å². The second-order valence-electron chi connectivity index (χ2n) is 8.28. The van der Waals surface area contributed by atoms with Crippen molar-refractivity contribution in [1.29, 1.82) is 0 Å². The van der Waals surface area contributed by atoms with Crippen LogP contribution in [0.15, 0.2) is 42.7 Å². The van der Waals surface area contributed by atoms with E-state index in [1.165, 1.54) is 23.5 Å². The first kappa shape index (κ1) is 20.1. The molecule has 1 aliphatic carbocycles. The van der Waals surface area contributed by atoms with Crippen molar-refractivity contribution in [2.24, 2.45) is 11.8 Å². The zero-order chi connectivity index (χ0) is 21.5. The number of hydrogen-bond donors (Lipinski definition) is 0. The fourth-order valence-electron chi connectivity index (χ4n) is 4.66. The van der Waals surface area contributed by atoms with Crippen LogP contribution < -0.4 is 4.74 Å². The number of halogens is 1. The summed E-state index contributed by atoms with van der Waals surface area (Å²) < 4.78 is 19.0. The van der Waals surface area contributed by atoms with Crippen LogP contribution in [0, 0.1) is 24.6 Å². The van der Waals surface area contributed by atoms with Gasteiger partial charge in [0, 0.05) is 18.3 Å². The average molecular weight is 439 g/mol. The van der Waals surface area contributed by atoms with Gasteiger partial charge in [-0.2, -0.15) is 0 Å². The first-order chi connectivity index (χ1) is 15.0. The Morgan fingerprint density at radius 1 is 1.26 bits per heavy atom. The molecule has 3 aromatic rings. The highest BCUT2D eigenvalue weighted by Crippen LogP contribution is 2.47. The lowest BCUT2D eigenvalue weighted by atomic mass is 9.64. The van der Waals surface area contributed by atoms with E-state index in [4.69, 9.17) is 4.74 Å². The minimum absolute atomic E-state index is 0.0688. The van der Waals surface area contributed by atoms with Crippen molar-refractivity contribution in [2.45, 2.75) is 38.8 Å². The number of pyridine rings is 2.